The fourth-order valence-electron chi connectivity index (χ4n) is 1.82. The molecule has 0 fully saturated rings. The van der Waals surface area contributed by atoms with Gasteiger partial charge in [0.05, 0.1) is 0 Å². The summed E-state index contributed by atoms with van der Waals surface area (Å²) in [6, 6.07) is 14.6. The van der Waals surface area contributed by atoms with Crippen LogP contribution in [0.25, 0.3) is 0 Å². The van der Waals surface area contributed by atoms with E-state index in [1.807, 2.05) is 36.4 Å². The minimum absolute atomic E-state index is 0.106. The molecule has 5 heteroatoms. The molecule has 0 saturated heterocycles. The Morgan fingerprint density at radius 1 is 1.10 bits per heavy atom. The second kappa shape index (κ2) is 7.04. The van der Waals surface area contributed by atoms with Crippen LogP contribution in [0.4, 0.5) is 5.69 Å². The summed E-state index contributed by atoms with van der Waals surface area (Å²) in [6.07, 6.45) is 0. The Kier molecular flexibility index (Phi) is 5.11. The Morgan fingerprint density at radius 3 is 2.43 bits per heavy atom. The lowest BCUT2D eigenvalue weighted by atomic mass is 10.2. The average molecular weight is 347 g/mol. The monoisotopic (exact) mass is 346 g/mol. The van der Waals surface area contributed by atoms with E-state index in [1.54, 1.807) is 12.1 Å². The Balaban J connectivity index is 1.93. The van der Waals surface area contributed by atoms with E-state index in [1.165, 1.54) is 6.92 Å². The van der Waals surface area contributed by atoms with Crippen molar-refractivity contribution in [1.29, 1.82) is 0 Å². The summed E-state index contributed by atoms with van der Waals surface area (Å²) in [4.78, 5) is 22.9. The minimum atomic E-state index is -0.123. The van der Waals surface area contributed by atoms with Crippen molar-refractivity contribution in [2.45, 2.75) is 13.5 Å². The van der Waals surface area contributed by atoms with Crippen LogP contribution in [0.15, 0.2) is 53.0 Å². The van der Waals surface area contributed by atoms with Gasteiger partial charge in [-0.1, -0.05) is 34.1 Å². The topological polar surface area (TPSA) is 58.2 Å². The second-order valence-corrected chi connectivity index (χ2v) is 5.49. The first kappa shape index (κ1) is 15.3. The second-order valence-electron chi connectivity index (χ2n) is 4.57. The minimum Gasteiger partial charge on any atom is -0.348 e. The first-order valence-corrected chi connectivity index (χ1v) is 7.24. The molecule has 0 radical (unpaired) electrons. The molecule has 2 aromatic rings. The Bertz CT molecular complexity index is 654. The summed E-state index contributed by atoms with van der Waals surface area (Å²) in [6.45, 7) is 1.90. The van der Waals surface area contributed by atoms with Gasteiger partial charge in [-0.05, 0) is 35.9 Å². The third-order valence-electron chi connectivity index (χ3n) is 2.81. The van der Waals surface area contributed by atoms with E-state index >= 15 is 0 Å². The molecule has 4 nitrogen and oxygen atoms in total. The number of benzene rings is 2. The summed E-state index contributed by atoms with van der Waals surface area (Å²) < 4.78 is 0.870. The number of halogens is 1. The van der Waals surface area contributed by atoms with Crippen molar-refractivity contribution in [3.63, 3.8) is 0 Å². The van der Waals surface area contributed by atoms with Gasteiger partial charge in [0.1, 0.15) is 0 Å². The largest absolute Gasteiger partial charge is 0.348 e. The predicted molar refractivity (Wildman–Crippen MR) is 86.1 cm³/mol. The molecule has 0 aromatic heterocycles. The van der Waals surface area contributed by atoms with E-state index in [9.17, 15) is 9.59 Å². The van der Waals surface area contributed by atoms with Crippen molar-refractivity contribution < 1.29 is 9.59 Å². The molecular formula is C16H15BrN2O2. The highest BCUT2D eigenvalue weighted by molar-refractivity contribution is 9.10. The van der Waals surface area contributed by atoms with Crippen LogP contribution in [0, 0.1) is 0 Å². The standard InChI is InChI=1S/C16H15BrN2O2/c1-11(20)19-15-7-5-12(6-8-15)10-18-16(21)13-3-2-4-14(17)9-13/h2-9H,10H2,1H3,(H,18,21)(H,19,20). The third kappa shape index (κ3) is 4.72. The quantitative estimate of drug-likeness (QED) is 0.891. The SMILES string of the molecule is CC(=O)Nc1ccc(CNC(=O)c2cccc(Br)c2)cc1. The summed E-state index contributed by atoms with van der Waals surface area (Å²) in [5.41, 5.74) is 2.32. The van der Waals surface area contributed by atoms with Crippen LogP contribution in [0.3, 0.4) is 0 Å². The normalized spacial score (nSPS) is 10.0. The lowest BCUT2D eigenvalue weighted by Crippen LogP contribution is -2.22. The highest BCUT2D eigenvalue weighted by atomic mass is 79.9. The number of hydrogen-bond acceptors (Lipinski definition) is 2. The zero-order valence-electron chi connectivity index (χ0n) is 11.5. The van der Waals surface area contributed by atoms with Gasteiger partial charge in [0.2, 0.25) is 5.91 Å². The fraction of sp³-hybridized carbons (Fsp3) is 0.125. The maximum absolute atomic E-state index is 12.0. The zero-order valence-corrected chi connectivity index (χ0v) is 13.1. The zero-order chi connectivity index (χ0) is 15.2. The van der Waals surface area contributed by atoms with Crippen molar-refractivity contribution in [2.75, 3.05) is 5.32 Å². The fourth-order valence-corrected chi connectivity index (χ4v) is 2.22. The maximum Gasteiger partial charge on any atom is 0.251 e. The number of nitrogens with one attached hydrogen (secondary N) is 2. The van der Waals surface area contributed by atoms with Gasteiger partial charge in [-0.15, -0.1) is 0 Å². The molecule has 0 saturated carbocycles. The number of hydrogen-bond donors (Lipinski definition) is 2. The Morgan fingerprint density at radius 2 is 1.81 bits per heavy atom. The van der Waals surface area contributed by atoms with Crippen LogP contribution < -0.4 is 10.6 Å². The number of amides is 2. The number of carbonyl (C=O) groups is 2. The predicted octanol–water partition coefficient (Wildman–Crippen LogP) is 3.34. The molecule has 0 aliphatic carbocycles. The molecule has 2 N–H and O–H groups in total. The van der Waals surface area contributed by atoms with Gasteiger partial charge in [-0.25, -0.2) is 0 Å². The first-order chi connectivity index (χ1) is 10.0. The lowest BCUT2D eigenvalue weighted by Gasteiger charge is -2.07. The van der Waals surface area contributed by atoms with E-state index in [4.69, 9.17) is 0 Å². The molecule has 0 heterocycles. The van der Waals surface area contributed by atoms with Gasteiger partial charge in [-0.2, -0.15) is 0 Å². The van der Waals surface area contributed by atoms with Crippen LogP contribution in [-0.2, 0) is 11.3 Å². The van der Waals surface area contributed by atoms with Crippen molar-refractivity contribution in [1.82, 2.24) is 5.32 Å². The summed E-state index contributed by atoms with van der Waals surface area (Å²) in [7, 11) is 0. The van der Waals surface area contributed by atoms with Crippen molar-refractivity contribution >= 4 is 33.4 Å². The number of rotatable bonds is 4. The molecule has 2 rings (SSSR count). The molecule has 0 aliphatic rings. The lowest BCUT2D eigenvalue weighted by molar-refractivity contribution is -0.114. The summed E-state index contributed by atoms with van der Waals surface area (Å²) >= 11 is 3.34. The van der Waals surface area contributed by atoms with E-state index in [-0.39, 0.29) is 11.8 Å². The van der Waals surface area contributed by atoms with Crippen LogP contribution in [0.5, 0.6) is 0 Å². The van der Waals surface area contributed by atoms with Gasteiger partial charge in [-0.3, -0.25) is 9.59 Å². The van der Waals surface area contributed by atoms with Crippen LogP contribution in [0.1, 0.15) is 22.8 Å². The Labute approximate surface area is 131 Å². The summed E-state index contributed by atoms with van der Waals surface area (Å²) in [5.74, 6) is -0.229. The van der Waals surface area contributed by atoms with Gasteiger partial charge >= 0.3 is 0 Å². The van der Waals surface area contributed by atoms with Crippen LogP contribution in [0.2, 0.25) is 0 Å². The molecule has 0 unspecified atom stereocenters. The van der Waals surface area contributed by atoms with Gasteiger partial charge < -0.3 is 10.6 Å². The molecule has 0 spiro atoms. The van der Waals surface area contributed by atoms with E-state index in [2.05, 4.69) is 26.6 Å². The molecule has 0 aliphatic heterocycles. The molecule has 21 heavy (non-hydrogen) atoms. The van der Waals surface area contributed by atoms with Crippen molar-refractivity contribution in [3.8, 4) is 0 Å². The Hall–Kier alpha value is -2.14. The van der Waals surface area contributed by atoms with Gasteiger partial charge in [0.25, 0.3) is 5.91 Å². The highest BCUT2D eigenvalue weighted by Gasteiger charge is 2.05. The number of anilines is 1. The maximum atomic E-state index is 12.0. The first-order valence-electron chi connectivity index (χ1n) is 6.45. The van der Waals surface area contributed by atoms with Crippen molar-refractivity contribution in [3.05, 3.63) is 64.1 Å². The van der Waals surface area contributed by atoms with E-state index in [0.717, 1.165) is 15.7 Å². The number of carbonyl (C=O) groups excluding carboxylic acids is 2. The third-order valence-corrected chi connectivity index (χ3v) is 3.31. The molecule has 108 valence electrons. The van der Waals surface area contributed by atoms with Crippen LogP contribution in [-0.4, -0.2) is 11.8 Å². The molecule has 2 amide bonds. The average Bonchev–Trinajstić information content (AvgIpc) is 2.45. The molecule has 0 atom stereocenters. The van der Waals surface area contributed by atoms with Crippen molar-refractivity contribution in [2.24, 2.45) is 0 Å². The molecule has 2 aromatic carbocycles. The van der Waals surface area contributed by atoms with Gasteiger partial charge in [0, 0.05) is 29.2 Å². The molecular weight excluding hydrogens is 332 g/mol. The van der Waals surface area contributed by atoms with Crippen LogP contribution >= 0.6 is 15.9 Å². The van der Waals surface area contributed by atoms with E-state index < -0.39 is 0 Å². The highest BCUT2D eigenvalue weighted by Crippen LogP contribution is 2.12. The van der Waals surface area contributed by atoms with Gasteiger partial charge in [0.15, 0.2) is 0 Å². The van der Waals surface area contributed by atoms with E-state index in [0.29, 0.717) is 12.1 Å². The molecule has 0 bridgehead atoms. The smallest absolute Gasteiger partial charge is 0.251 e. The summed E-state index contributed by atoms with van der Waals surface area (Å²) in [5, 5.41) is 5.55.